The van der Waals surface area contributed by atoms with Gasteiger partial charge in [0.1, 0.15) is 5.82 Å². The van der Waals surface area contributed by atoms with Crippen LogP contribution in [0.1, 0.15) is 31.4 Å². The number of hydrogen-bond donors (Lipinski definition) is 3. The summed E-state index contributed by atoms with van der Waals surface area (Å²) in [6.45, 7) is 2.01. The van der Waals surface area contributed by atoms with E-state index in [0.29, 0.717) is 11.6 Å². The summed E-state index contributed by atoms with van der Waals surface area (Å²) in [5.74, 6) is -0.380. The molecule has 1 aromatic rings. The molecule has 0 radical (unpaired) electrons. The van der Waals surface area contributed by atoms with Gasteiger partial charge in [0.2, 0.25) is 5.91 Å². The standard InChI is InChI=1S/C14H19FN2O2/c1-9(14(19)17-12-6-7-12)16-8-13(18)10-2-4-11(15)5-3-10/h2-5,9,12-13,16,18H,6-8H2,1H3,(H,17,19). The second-order valence-electron chi connectivity index (χ2n) is 4.98. The van der Waals surface area contributed by atoms with Crippen molar-refractivity contribution in [1.29, 1.82) is 0 Å². The highest BCUT2D eigenvalue weighted by Crippen LogP contribution is 2.18. The van der Waals surface area contributed by atoms with Gasteiger partial charge in [-0.1, -0.05) is 12.1 Å². The zero-order valence-corrected chi connectivity index (χ0v) is 10.9. The third-order valence-corrected chi connectivity index (χ3v) is 3.19. The van der Waals surface area contributed by atoms with E-state index in [-0.39, 0.29) is 24.3 Å². The summed E-state index contributed by atoms with van der Waals surface area (Å²) in [6.07, 6.45) is 1.35. The van der Waals surface area contributed by atoms with Crippen LogP contribution in [0, 0.1) is 5.82 Å². The highest BCUT2D eigenvalue weighted by atomic mass is 19.1. The third kappa shape index (κ3) is 4.29. The Kier molecular flexibility index (Phi) is 4.50. The van der Waals surface area contributed by atoms with Crippen molar-refractivity contribution in [3.63, 3.8) is 0 Å². The SMILES string of the molecule is CC(NCC(O)c1ccc(F)cc1)C(=O)NC1CC1. The van der Waals surface area contributed by atoms with Crippen LogP contribution in [0.2, 0.25) is 0 Å². The van der Waals surface area contributed by atoms with Crippen LogP contribution in [0.15, 0.2) is 24.3 Å². The van der Waals surface area contributed by atoms with E-state index in [1.54, 1.807) is 6.92 Å². The smallest absolute Gasteiger partial charge is 0.237 e. The zero-order valence-electron chi connectivity index (χ0n) is 10.9. The van der Waals surface area contributed by atoms with Crippen molar-refractivity contribution in [3.8, 4) is 0 Å². The van der Waals surface area contributed by atoms with E-state index in [0.717, 1.165) is 12.8 Å². The molecule has 1 aliphatic carbocycles. The molecule has 0 bridgehead atoms. The summed E-state index contributed by atoms with van der Waals surface area (Å²) in [7, 11) is 0. The number of carbonyl (C=O) groups excluding carboxylic acids is 1. The van der Waals surface area contributed by atoms with Gasteiger partial charge in [-0.2, -0.15) is 0 Å². The molecule has 1 aliphatic rings. The molecule has 4 nitrogen and oxygen atoms in total. The van der Waals surface area contributed by atoms with Crippen molar-refractivity contribution < 1.29 is 14.3 Å². The van der Waals surface area contributed by atoms with E-state index < -0.39 is 6.10 Å². The lowest BCUT2D eigenvalue weighted by Crippen LogP contribution is -2.44. The Balaban J connectivity index is 1.77. The summed E-state index contributed by atoms with van der Waals surface area (Å²) in [5.41, 5.74) is 0.628. The van der Waals surface area contributed by atoms with Crippen LogP contribution < -0.4 is 10.6 Å². The van der Waals surface area contributed by atoms with Gasteiger partial charge in [0.05, 0.1) is 12.1 Å². The molecule has 0 heterocycles. The fourth-order valence-electron chi connectivity index (χ4n) is 1.74. The summed E-state index contributed by atoms with van der Waals surface area (Å²) in [5, 5.41) is 15.8. The quantitative estimate of drug-likeness (QED) is 0.723. The van der Waals surface area contributed by atoms with Gasteiger partial charge < -0.3 is 15.7 Å². The molecule has 2 rings (SSSR count). The van der Waals surface area contributed by atoms with Gasteiger partial charge in [0.15, 0.2) is 0 Å². The van der Waals surface area contributed by atoms with Crippen LogP contribution in [-0.2, 0) is 4.79 Å². The highest BCUT2D eigenvalue weighted by Gasteiger charge is 2.25. The predicted octanol–water partition coefficient (Wildman–Crippen LogP) is 1.12. The van der Waals surface area contributed by atoms with E-state index in [2.05, 4.69) is 10.6 Å². The van der Waals surface area contributed by atoms with Crippen LogP contribution in [-0.4, -0.2) is 29.6 Å². The average Bonchev–Trinajstić information content (AvgIpc) is 3.20. The second kappa shape index (κ2) is 6.12. The number of benzene rings is 1. The number of hydrogen-bond acceptors (Lipinski definition) is 3. The topological polar surface area (TPSA) is 61.4 Å². The third-order valence-electron chi connectivity index (χ3n) is 3.19. The van der Waals surface area contributed by atoms with E-state index in [9.17, 15) is 14.3 Å². The average molecular weight is 266 g/mol. The Labute approximate surface area is 112 Å². The Morgan fingerprint density at radius 1 is 1.42 bits per heavy atom. The summed E-state index contributed by atoms with van der Waals surface area (Å²) in [4.78, 5) is 11.7. The molecule has 5 heteroatoms. The molecule has 1 fully saturated rings. The zero-order chi connectivity index (χ0) is 13.8. The van der Waals surface area contributed by atoms with Crippen LogP contribution in [0.3, 0.4) is 0 Å². The lowest BCUT2D eigenvalue weighted by molar-refractivity contribution is -0.123. The largest absolute Gasteiger partial charge is 0.387 e. The van der Waals surface area contributed by atoms with Gasteiger partial charge in [0.25, 0.3) is 0 Å². The molecule has 1 aromatic carbocycles. The Hall–Kier alpha value is -1.46. The van der Waals surface area contributed by atoms with Crippen molar-refractivity contribution in [3.05, 3.63) is 35.6 Å². The summed E-state index contributed by atoms with van der Waals surface area (Å²) < 4.78 is 12.7. The van der Waals surface area contributed by atoms with Gasteiger partial charge in [-0.3, -0.25) is 4.79 Å². The molecule has 2 unspecified atom stereocenters. The van der Waals surface area contributed by atoms with Crippen LogP contribution in [0.4, 0.5) is 4.39 Å². The summed E-state index contributed by atoms with van der Waals surface area (Å²) in [6, 6.07) is 5.67. The van der Waals surface area contributed by atoms with Crippen molar-refractivity contribution in [2.24, 2.45) is 0 Å². The normalized spacial score (nSPS) is 17.8. The molecule has 1 saturated carbocycles. The van der Waals surface area contributed by atoms with Gasteiger partial charge in [-0.15, -0.1) is 0 Å². The van der Waals surface area contributed by atoms with Gasteiger partial charge in [-0.05, 0) is 37.5 Å². The molecule has 0 spiro atoms. The maximum atomic E-state index is 12.7. The van der Waals surface area contributed by atoms with Crippen LogP contribution in [0.5, 0.6) is 0 Å². The fraction of sp³-hybridized carbons (Fsp3) is 0.500. The van der Waals surface area contributed by atoms with Crippen molar-refractivity contribution in [1.82, 2.24) is 10.6 Å². The molecule has 0 aromatic heterocycles. The summed E-state index contributed by atoms with van der Waals surface area (Å²) >= 11 is 0. The molecule has 104 valence electrons. The highest BCUT2D eigenvalue weighted by molar-refractivity contribution is 5.81. The van der Waals surface area contributed by atoms with Crippen molar-refractivity contribution in [2.75, 3.05) is 6.54 Å². The number of aliphatic hydroxyl groups is 1. The fourth-order valence-corrected chi connectivity index (χ4v) is 1.74. The Morgan fingerprint density at radius 3 is 2.63 bits per heavy atom. The maximum absolute atomic E-state index is 12.7. The predicted molar refractivity (Wildman–Crippen MR) is 70.0 cm³/mol. The number of halogens is 1. The molecule has 19 heavy (non-hydrogen) atoms. The minimum absolute atomic E-state index is 0.0474. The number of amides is 1. The molecule has 0 aliphatic heterocycles. The molecule has 0 saturated heterocycles. The lowest BCUT2D eigenvalue weighted by atomic mass is 10.1. The monoisotopic (exact) mass is 266 g/mol. The maximum Gasteiger partial charge on any atom is 0.237 e. The van der Waals surface area contributed by atoms with Crippen molar-refractivity contribution >= 4 is 5.91 Å². The van der Waals surface area contributed by atoms with Crippen molar-refractivity contribution in [2.45, 2.75) is 38.0 Å². The molecule has 1 amide bonds. The first-order valence-corrected chi connectivity index (χ1v) is 6.53. The van der Waals surface area contributed by atoms with Gasteiger partial charge in [-0.25, -0.2) is 4.39 Å². The number of carbonyl (C=O) groups is 1. The number of nitrogens with one attached hydrogen (secondary N) is 2. The number of rotatable bonds is 6. The van der Waals surface area contributed by atoms with E-state index in [1.165, 1.54) is 24.3 Å². The molecular formula is C14H19FN2O2. The number of aliphatic hydroxyl groups excluding tert-OH is 1. The first-order chi connectivity index (χ1) is 9.06. The minimum Gasteiger partial charge on any atom is -0.387 e. The first kappa shape index (κ1) is 14.0. The lowest BCUT2D eigenvalue weighted by Gasteiger charge is -2.17. The second-order valence-corrected chi connectivity index (χ2v) is 4.98. The van der Waals surface area contributed by atoms with Crippen LogP contribution >= 0.6 is 0 Å². The Morgan fingerprint density at radius 2 is 2.05 bits per heavy atom. The van der Waals surface area contributed by atoms with Gasteiger partial charge in [0, 0.05) is 12.6 Å². The van der Waals surface area contributed by atoms with E-state index in [1.807, 2.05) is 0 Å². The van der Waals surface area contributed by atoms with Gasteiger partial charge >= 0.3 is 0 Å². The van der Waals surface area contributed by atoms with E-state index in [4.69, 9.17) is 0 Å². The van der Waals surface area contributed by atoms with E-state index >= 15 is 0 Å². The Bertz CT molecular complexity index is 432. The minimum atomic E-state index is -0.753. The first-order valence-electron chi connectivity index (χ1n) is 6.53. The molecule has 2 atom stereocenters. The van der Waals surface area contributed by atoms with Crippen LogP contribution in [0.25, 0.3) is 0 Å². The molecular weight excluding hydrogens is 247 g/mol. The molecule has 3 N–H and O–H groups in total.